The first kappa shape index (κ1) is 31.7. The quantitative estimate of drug-likeness (QED) is 0.379. The molecule has 0 amide bonds. The van der Waals surface area contributed by atoms with Crippen molar-refractivity contribution in [3.05, 3.63) is 64.7 Å². The highest BCUT2D eigenvalue weighted by atomic mass is 19.2. The summed E-state index contributed by atoms with van der Waals surface area (Å²) in [4.78, 5) is 0. The summed E-state index contributed by atoms with van der Waals surface area (Å²) >= 11 is 0. The standard InChI is InChI=1S/C16H20F2O4.C16H18F2O3/c1-2-20-13-4-3-11(14(17)15(13)18)10-5-6-16(9-12(10)19)21-7-8-22-16;1-2-19-13-4-3-12(14(17)15(13)18)11-5-7-16(8-6-11)20-9-10-21-16/h3-4,10,12,19H,2,5-9H2,1H3;3-5H,2,6-10H2,1H3. The van der Waals surface area contributed by atoms with Crippen molar-refractivity contribution < 1.29 is 51.1 Å². The average Bonchev–Trinajstić information content (AvgIpc) is 3.66. The van der Waals surface area contributed by atoms with E-state index in [2.05, 4.69) is 0 Å². The lowest BCUT2D eigenvalue weighted by atomic mass is 9.78. The van der Waals surface area contributed by atoms with Gasteiger partial charge in [-0.2, -0.15) is 8.78 Å². The van der Waals surface area contributed by atoms with Gasteiger partial charge < -0.3 is 33.5 Å². The van der Waals surface area contributed by atoms with Crippen LogP contribution in [0, 0.1) is 23.3 Å². The minimum atomic E-state index is -1.000. The number of ether oxygens (including phenoxy) is 6. The number of allylic oxidation sites excluding steroid dienone is 1. The van der Waals surface area contributed by atoms with Gasteiger partial charge in [-0.05, 0) is 56.0 Å². The predicted molar refractivity (Wildman–Crippen MR) is 149 cm³/mol. The number of benzene rings is 2. The zero-order chi connectivity index (χ0) is 30.6. The van der Waals surface area contributed by atoms with Gasteiger partial charge in [-0.1, -0.05) is 12.1 Å². The maximum absolute atomic E-state index is 14.3. The third-order valence-corrected chi connectivity index (χ3v) is 8.35. The maximum Gasteiger partial charge on any atom is 0.201 e. The first-order chi connectivity index (χ1) is 20.7. The van der Waals surface area contributed by atoms with Gasteiger partial charge in [0.05, 0.1) is 45.7 Å². The lowest BCUT2D eigenvalue weighted by Crippen LogP contribution is -2.42. The summed E-state index contributed by atoms with van der Waals surface area (Å²) in [6.07, 6.45) is 4.18. The minimum absolute atomic E-state index is 0.0471. The number of aliphatic hydroxyl groups is 1. The molecule has 2 spiro atoms. The van der Waals surface area contributed by atoms with Gasteiger partial charge in [0.25, 0.3) is 0 Å². The van der Waals surface area contributed by atoms with Crippen molar-refractivity contribution in [1.82, 2.24) is 0 Å². The monoisotopic (exact) mass is 610 g/mol. The van der Waals surface area contributed by atoms with Crippen LogP contribution in [-0.4, -0.2) is 62.4 Å². The van der Waals surface area contributed by atoms with Crippen LogP contribution in [0.15, 0.2) is 30.3 Å². The summed E-state index contributed by atoms with van der Waals surface area (Å²) in [5.41, 5.74) is 1.27. The van der Waals surface area contributed by atoms with Crippen molar-refractivity contribution in [2.75, 3.05) is 39.6 Å². The molecule has 2 aromatic rings. The molecule has 11 heteroatoms. The summed E-state index contributed by atoms with van der Waals surface area (Å²) in [5, 5.41) is 10.4. The Hall–Kier alpha value is -2.70. The number of aliphatic hydroxyl groups excluding tert-OH is 1. The second-order valence-electron chi connectivity index (χ2n) is 11.0. The molecule has 2 aromatic carbocycles. The van der Waals surface area contributed by atoms with Crippen molar-refractivity contribution >= 4 is 5.57 Å². The molecule has 236 valence electrons. The third kappa shape index (κ3) is 6.71. The molecule has 2 saturated heterocycles. The average molecular weight is 611 g/mol. The van der Waals surface area contributed by atoms with E-state index in [0.717, 1.165) is 5.57 Å². The summed E-state index contributed by atoms with van der Waals surface area (Å²) in [7, 11) is 0. The van der Waals surface area contributed by atoms with Gasteiger partial charge in [-0.15, -0.1) is 0 Å². The molecule has 1 N–H and O–H groups in total. The Bertz CT molecular complexity index is 1310. The molecule has 2 aliphatic carbocycles. The van der Waals surface area contributed by atoms with Gasteiger partial charge in [0.15, 0.2) is 34.7 Å². The maximum atomic E-state index is 14.3. The third-order valence-electron chi connectivity index (χ3n) is 8.35. The lowest BCUT2D eigenvalue weighted by molar-refractivity contribution is -0.199. The van der Waals surface area contributed by atoms with E-state index < -0.39 is 46.9 Å². The summed E-state index contributed by atoms with van der Waals surface area (Å²) in [6.45, 7) is 6.19. The molecule has 1 saturated carbocycles. The molecule has 0 radical (unpaired) electrons. The molecule has 2 unspecified atom stereocenters. The minimum Gasteiger partial charge on any atom is -0.491 e. The second kappa shape index (κ2) is 13.5. The van der Waals surface area contributed by atoms with Gasteiger partial charge in [0.1, 0.15) is 0 Å². The summed E-state index contributed by atoms with van der Waals surface area (Å²) in [6, 6.07) is 5.96. The van der Waals surface area contributed by atoms with E-state index in [0.29, 0.717) is 70.7 Å². The van der Waals surface area contributed by atoms with E-state index in [1.165, 1.54) is 18.2 Å². The Labute approximate surface area is 248 Å². The van der Waals surface area contributed by atoms with Crippen molar-refractivity contribution in [3.63, 3.8) is 0 Å². The van der Waals surface area contributed by atoms with Crippen LogP contribution in [0.3, 0.4) is 0 Å². The Morgan fingerprint density at radius 1 is 0.767 bits per heavy atom. The van der Waals surface area contributed by atoms with Crippen LogP contribution in [0.5, 0.6) is 11.5 Å². The highest BCUT2D eigenvalue weighted by Crippen LogP contribution is 2.44. The van der Waals surface area contributed by atoms with Gasteiger partial charge in [-0.3, -0.25) is 0 Å². The molecular formula is C32H38F4O7. The van der Waals surface area contributed by atoms with Crippen molar-refractivity contribution in [2.45, 2.75) is 76.0 Å². The fourth-order valence-electron chi connectivity index (χ4n) is 6.21. The SMILES string of the molecule is CCOc1ccc(C2=CCC3(CC2)OCCO3)c(F)c1F.CCOc1ccc(C2CCC3(CC2O)OCCO3)c(F)c1F. The van der Waals surface area contributed by atoms with Crippen molar-refractivity contribution in [1.29, 1.82) is 0 Å². The molecule has 7 nitrogen and oxygen atoms in total. The molecule has 0 aromatic heterocycles. The second-order valence-corrected chi connectivity index (χ2v) is 11.0. The van der Waals surface area contributed by atoms with Gasteiger partial charge in [0.2, 0.25) is 11.6 Å². The molecular weight excluding hydrogens is 572 g/mol. The van der Waals surface area contributed by atoms with Gasteiger partial charge >= 0.3 is 0 Å². The van der Waals surface area contributed by atoms with E-state index in [1.807, 2.05) is 6.08 Å². The number of hydrogen-bond acceptors (Lipinski definition) is 7. The molecule has 0 bridgehead atoms. The van der Waals surface area contributed by atoms with Crippen LogP contribution in [-0.2, 0) is 18.9 Å². The molecule has 4 aliphatic rings. The summed E-state index contributed by atoms with van der Waals surface area (Å²) < 4.78 is 88.9. The molecule has 3 fully saturated rings. The van der Waals surface area contributed by atoms with E-state index >= 15 is 0 Å². The Balaban J connectivity index is 0.000000171. The largest absolute Gasteiger partial charge is 0.491 e. The van der Waals surface area contributed by atoms with E-state index in [4.69, 9.17) is 28.4 Å². The van der Waals surface area contributed by atoms with Gasteiger partial charge in [-0.25, -0.2) is 8.78 Å². The van der Waals surface area contributed by atoms with E-state index in [-0.39, 0.29) is 30.1 Å². The fraction of sp³-hybridized carbons (Fsp3) is 0.562. The molecule has 2 atom stereocenters. The summed E-state index contributed by atoms with van der Waals surface area (Å²) in [5.74, 6) is -5.65. The van der Waals surface area contributed by atoms with Crippen LogP contribution >= 0.6 is 0 Å². The highest BCUT2D eigenvalue weighted by molar-refractivity contribution is 5.67. The zero-order valence-electron chi connectivity index (χ0n) is 24.4. The first-order valence-electron chi connectivity index (χ1n) is 14.9. The van der Waals surface area contributed by atoms with Crippen molar-refractivity contribution in [3.8, 4) is 11.5 Å². The van der Waals surface area contributed by atoms with Crippen LogP contribution in [0.2, 0.25) is 0 Å². The fourth-order valence-corrected chi connectivity index (χ4v) is 6.21. The van der Waals surface area contributed by atoms with E-state index in [9.17, 15) is 22.7 Å². The molecule has 2 aliphatic heterocycles. The number of rotatable bonds is 6. The Morgan fingerprint density at radius 3 is 1.91 bits per heavy atom. The van der Waals surface area contributed by atoms with E-state index in [1.54, 1.807) is 19.9 Å². The van der Waals surface area contributed by atoms with Crippen LogP contribution in [0.25, 0.3) is 5.57 Å². The van der Waals surface area contributed by atoms with Gasteiger partial charge in [0, 0.05) is 37.2 Å². The smallest absolute Gasteiger partial charge is 0.201 e. The highest BCUT2D eigenvalue weighted by Gasteiger charge is 2.46. The normalized spacial score (nSPS) is 24.0. The van der Waals surface area contributed by atoms with Crippen LogP contribution < -0.4 is 9.47 Å². The Morgan fingerprint density at radius 2 is 1.35 bits per heavy atom. The number of hydrogen-bond donors (Lipinski definition) is 1. The Kier molecular flexibility index (Phi) is 9.97. The zero-order valence-corrected chi connectivity index (χ0v) is 24.4. The van der Waals surface area contributed by atoms with Crippen molar-refractivity contribution in [2.24, 2.45) is 0 Å². The molecule has 2 heterocycles. The first-order valence-corrected chi connectivity index (χ1v) is 14.9. The van der Waals surface area contributed by atoms with Crippen LogP contribution in [0.4, 0.5) is 17.6 Å². The topological polar surface area (TPSA) is 75.6 Å². The molecule has 6 rings (SSSR count). The van der Waals surface area contributed by atoms with Crippen LogP contribution in [0.1, 0.15) is 69.4 Å². The molecule has 43 heavy (non-hydrogen) atoms. The predicted octanol–water partition coefficient (Wildman–Crippen LogP) is 6.41. The lowest BCUT2D eigenvalue weighted by Gasteiger charge is -2.39. The number of halogens is 4.